The van der Waals surface area contributed by atoms with E-state index in [0.717, 1.165) is 0 Å². The molecule has 1 amide bonds. The van der Waals surface area contributed by atoms with Crippen LogP contribution in [0.4, 0.5) is 10.1 Å². The fourth-order valence-electron chi connectivity index (χ4n) is 1.12. The number of rotatable bonds is 2. The number of carbonyl (C=O) groups excluding carboxylic acids is 1. The zero-order valence-corrected chi connectivity index (χ0v) is 9.75. The molecule has 4 heteroatoms. The number of hydrogen-bond acceptors (Lipinski definition) is 2. The van der Waals surface area contributed by atoms with Crippen molar-refractivity contribution >= 4 is 11.6 Å². The molecule has 1 rings (SSSR count). The highest BCUT2D eigenvalue weighted by molar-refractivity contribution is 5.92. The van der Waals surface area contributed by atoms with Crippen molar-refractivity contribution in [1.29, 1.82) is 0 Å². The predicted octanol–water partition coefficient (Wildman–Crippen LogP) is 1.76. The number of hydrogen-bond donors (Lipinski definition) is 2. The average Bonchev–Trinajstić information content (AvgIpc) is 2.28. The Hall–Kier alpha value is -1.86. The minimum Gasteiger partial charge on any atom is -0.384 e. The normalized spacial score (nSPS) is 9.71. The molecule has 0 fully saturated rings. The molecule has 0 saturated heterocycles. The van der Waals surface area contributed by atoms with E-state index in [1.165, 1.54) is 12.1 Å². The lowest BCUT2D eigenvalue weighted by Gasteiger charge is -2.07. The third-order valence-electron chi connectivity index (χ3n) is 2.06. The fourth-order valence-corrected chi connectivity index (χ4v) is 1.12. The highest BCUT2D eigenvalue weighted by Gasteiger charge is 2.08. The Balaban J connectivity index is 2.86. The zero-order chi connectivity index (χ0) is 12.8. The van der Waals surface area contributed by atoms with Crippen molar-refractivity contribution in [3.8, 4) is 11.8 Å². The van der Waals surface area contributed by atoms with Crippen LogP contribution in [0.25, 0.3) is 0 Å². The molecule has 0 aliphatic carbocycles. The molecule has 0 spiro atoms. The van der Waals surface area contributed by atoms with E-state index in [1.807, 2.05) is 0 Å². The van der Waals surface area contributed by atoms with Crippen LogP contribution in [0, 0.1) is 23.6 Å². The lowest BCUT2D eigenvalue weighted by molar-refractivity contribution is -0.118. The summed E-state index contributed by atoms with van der Waals surface area (Å²) < 4.78 is 13.5. The molecule has 0 unspecified atom stereocenters. The minimum absolute atomic E-state index is 0.160. The molecular weight excluding hydrogens is 221 g/mol. The van der Waals surface area contributed by atoms with Gasteiger partial charge in [0.05, 0.1) is 5.56 Å². The van der Waals surface area contributed by atoms with E-state index in [2.05, 4.69) is 17.2 Å². The average molecular weight is 235 g/mol. The smallest absolute Gasteiger partial charge is 0.226 e. The van der Waals surface area contributed by atoms with Gasteiger partial charge in [0.15, 0.2) is 0 Å². The first-order valence-corrected chi connectivity index (χ1v) is 5.24. The second kappa shape index (κ2) is 6.02. The SMILES string of the molecule is CC(C)C(=O)Nc1ccc(C#CCO)c(F)c1. The summed E-state index contributed by atoms with van der Waals surface area (Å²) in [6.07, 6.45) is 0. The van der Waals surface area contributed by atoms with E-state index in [0.29, 0.717) is 5.69 Å². The number of benzene rings is 1. The zero-order valence-electron chi connectivity index (χ0n) is 9.75. The van der Waals surface area contributed by atoms with Gasteiger partial charge in [-0.25, -0.2) is 4.39 Å². The molecule has 0 saturated carbocycles. The lowest BCUT2D eigenvalue weighted by Crippen LogP contribution is -2.17. The maximum atomic E-state index is 13.5. The first kappa shape index (κ1) is 13.2. The molecule has 0 atom stereocenters. The molecule has 0 radical (unpaired) electrons. The quantitative estimate of drug-likeness (QED) is 0.767. The molecule has 17 heavy (non-hydrogen) atoms. The van der Waals surface area contributed by atoms with Gasteiger partial charge in [0.25, 0.3) is 0 Å². The van der Waals surface area contributed by atoms with Crippen molar-refractivity contribution in [3.05, 3.63) is 29.6 Å². The van der Waals surface area contributed by atoms with E-state index in [1.54, 1.807) is 19.9 Å². The minimum atomic E-state index is -0.521. The Morgan fingerprint density at radius 1 is 1.53 bits per heavy atom. The summed E-state index contributed by atoms with van der Waals surface area (Å²) in [6.45, 7) is 3.20. The molecule has 2 N–H and O–H groups in total. The number of aliphatic hydroxyl groups excluding tert-OH is 1. The number of anilines is 1. The van der Waals surface area contributed by atoms with Gasteiger partial charge in [-0.15, -0.1) is 0 Å². The molecule has 90 valence electrons. The van der Waals surface area contributed by atoms with Gasteiger partial charge < -0.3 is 10.4 Å². The summed E-state index contributed by atoms with van der Waals surface area (Å²) in [7, 11) is 0. The Kier molecular flexibility index (Phi) is 4.68. The summed E-state index contributed by atoms with van der Waals surface area (Å²) in [5, 5.41) is 11.1. The summed E-state index contributed by atoms with van der Waals surface area (Å²) >= 11 is 0. The lowest BCUT2D eigenvalue weighted by atomic mass is 10.1. The Bertz CT molecular complexity index is 472. The maximum absolute atomic E-state index is 13.5. The molecule has 0 bridgehead atoms. The number of nitrogens with one attached hydrogen (secondary N) is 1. The van der Waals surface area contributed by atoms with Crippen molar-refractivity contribution in [2.75, 3.05) is 11.9 Å². The highest BCUT2D eigenvalue weighted by atomic mass is 19.1. The van der Waals surface area contributed by atoms with Crippen LogP contribution < -0.4 is 5.32 Å². The van der Waals surface area contributed by atoms with Gasteiger partial charge in [-0.1, -0.05) is 25.7 Å². The molecule has 0 aromatic heterocycles. The van der Waals surface area contributed by atoms with Crippen molar-refractivity contribution < 1.29 is 14.3 Å². The van der Waals surface area contributed by atoms with Crippen molar-refractivity contribution in [2.45, 2.75) is 13.8 Å². The largest absolute Gasteiger partial charge is 0.384 e. The van der Waals surface area contributed by atoms with Crippen molar-refractivity contribution in [2.24, 2.45) is 5.92 Å². The van der Waals surface area contributed by atoms with Crippen LogP contribution in [-0.4, -0.2) is 17.6 Å². The highest BCUT2D eigenvalue weighted by Crippen LogP contribution is 2.14. The van der Waals surface area contributed by atoms with Crippen LogP contribution in [-0.2, 0) is 4.79 Å². The summed E-state index contributed by atoms with van der Waals surface area (Å²) in [6, 6.07) is 4.25. The van der Waals surface area contributed by atoms with Crippen LogP contribution in [0.3, 0.4) is 0 Å². The Morgan fingerprint density at radius 3 is 2.76 bits per heavy atom. The Morgan fingerprint density at radius 2 is 2.24 bits per heavy atom. The molecule has 1 aromatic carbocycles. The third kappa shape index (κ3) is 3.89. The topological polar surface area (TPSA) is 49.3 Å². The van der Waals surface area contributed by atoms with Crippen LogP contribution in [0.15, 0.2) is 18.2 Å². The molecule has 3 nitrogen and oxygen atoms in total. The summed E-state index contributed by atoms with van der Waals surface area (Å²) in [5.74, 6) is 3.99. The van der Waals surface area contributed by atoms with Gasteiger partial charge in [0, 0.05) is 11.6 Å². The number of carbonyl (C=O) groups is 1. The monoisotopic (exact) mass is 235 g/mol. The van der Waals surface area contributed by atoms with Crippen molar-refractivity contribution in [3.63, 3.8) is 0 Å². The van der Waals surface area contributed by atoms with Gasteiger partial charge in [-0.3, -0.25) is 4.79 Å². The third-order valence-corrected chi connectivity index (χ3v) is 2.06. The van der Waals surface area contributed by atoms with Gasteiger partial charge in [0.2, 0.25) is 5.91 Å². The van der Waals surface area contributed by atoms with Gasteiger partial charge in [-0.05, 0) is 18.2 Å². The van der Waals surface area contributed by atoms with Gasteiger partial charge in [-0.2, -0.15) is 0 Å². The van der Waals surface area contributed by atoms with Crippen LogP contribution in [0.5, 0.6) is 0 Å². The molecular formula is C13H14FNO2. The van der Waals surface area contributed by atoms with E-state index in [-0.39, 0.29) is 24.0 Å². The number of halogens is 1. The molecule has 0 aliphatic heterocycles. The van der Waals surface area contributed by atoms with Crippen LogP contribution in [0.2, 0.25) is 0 Å². The predicted molar refractivity (Wildman–Crippen MR) is 63.8 cm³/mol. The van der Waals surface area contributed by atoms with Crippen LogP contribution >= 0.6 is 0 Å². The van der Waals surface area contributed by atoms with Crippen molar-refractivity contribution in [1.82, 2.24) is 0 Å². The summed E-state index contributed by atoms with van der Waals surface area (Å²) in [4.78, 5) is 11.4. The van der Waals surface area contributed by atoms with Gasteiger partial charge in [0.1, 0.15) is 12.4 Å². The van der Waals surface area contributed by atoms with Gasteiger partial charge >= 0.3 is 0 Å². The van der Waals surface area contributed by atoms with E-state index < -0.39 is 5.82 Å². The fraction of sp³-hybridized carbons (Fsp3) is 0.308. The Labute approximate surface area is 99.7 Å². The maximum Gasteiger partial charge on any atom is 0.226 e. The van der Waals surface area contributed by atoms with E-state index in [9.17, 15) is 9.18 Å². The molecule has 0 heterocycles. The van der Waals surface area contributed by atoms with E-state index in [4.69, 9.17) is 5.11 Å². The first-order chi connectivity index (χ1) is 8.04. The molecule has 0 aliphatic rings. The second-order valence-electron chi connectivity index (χ2n) is 3.80. The second-order valence-corrected chi connectivity index (χ2v) is 3.80. The number of amides is 1. The standard InChI is InChI=1S/C13H14FNO2/c1-9(2)13(17)15-11-6-5-10(4-3-7-16)12(14)8-11/h5-6,8-9,16H,7H2,1-2H3,(H,15,17). The summed E-state index contributed by atoms with van der Waals surface area (Å²) in [5.41, 5.74) is 0.595. The molecule has 1 aromatic rings. The van der Waals surface area contributed by atoms with E-state index >= 15 is 0 Å². The van der Waals surface area contributed by atoms with Crippen LogP contribution in [0.1, 0.15) is 19.4 Å². The number of aliphatic hydroxyl groups is 1. The first-order valence-electron chi connectivity index (χ1n) is 5.24.